The standard InChI is InChI=1S/C18H17Cl2F3N2O4S/c1-30(27,28)25(12-6-7-14(19)13(10-12)18(21,22)23)11-17(26)24-8-9-29-16-5-3-2-4-15(16)20/h2-7,10H,8-9,11H2,1H3,(H,24,26). The first kappa shape index (κ1) is 24.1. The zero-order chi connectivity index (χ0) is 22.5. The number of para-hydroxylation sites is 1. The molecule has 0 fully saturated rings. The normalized spacial score (nSPS) is 11.8. The predicted molar refractivity (Wildman–Crippen MR) is 109 cm³/mol. The zero-order valence-corrected chi connectivity index (χ0v) is 17.9. The maximum Gasteiger partial charge on any atom is 0.417 e. The van der Waals surface area contributed by atoms with E-state index in [1.807, 2.05) is 0 Å². The van der Waals surface area contributed by atoms with Gasteiger partial charge in [0.25, 0.3) is 0 Å². The van der Waals surface area contributed by atoms with Gasteiger partial charge in [0, 0.05) is 0 Å². The van der Waals surface area contributed by atoms with Gasteiger partial charge in [-0.05, 0) is 30.3 Å². The van der Waals surface area contributed by atoms with Gasteiger partial charge in [-0.2, -0.15) is 13.2 Å². The number of ether oxygens (including phenoxy) is 1. The van der Waals surface area contributed by atoms with Crippen molar-refractivity contribution in [3.05, 3.63) is 58.1 Å². The zero-order valence-electron chi connectivity index (χ0n) is 15.5. The van der Waals surface area contributed by atoms with Crippen molar-refractivity contribution < 1.29 is 31.1 Å². The third-order valence-corrected chi connectivity index (χ3v) is 5.53. The molecule has 0 aliphatic heterocycles. The molecule has 2 rings (SSSR count). The summed E-state index contributed by atoms with van der Waals surface area (Å²) in [7, 11) is -4.05. The van der Waals surface area contributed by atoms with Gasteiger partial charge in [0.1, 0.15) is 18.9 Å². The summed E-state index contributed by atoms with van der Waals surface area (Å²) in [5.74, 6) is -0.321. The number of rotatable bonds is 8. The van der Waals surface area contributed by atoms with Crippen molar-refractivity contribution in [1.82, 2.24) is 5.32 Å². The summed E-state index contributed by atoms with van der Waals surface area (Å²) in [6, 6.07) is 9.29. The van der Waals surface area contributed by atoms with Crippen molar-refractivity contribution in [2.45, 2.75) is 6.18 Å². The number of alkyl halides is 3. The van der Waals surface area contributed by atoms with Gasteiger partial charge < -0.3 is 10.1 Å². The van der Waals surface area contributed by atoms with Gasteiger partial charge in [0.15, 0.2) is 0 Å². The van der Waals surface area contributed by atoms with Gasteiger partial charge in [0.05, 0.1) is 34.1 Å². The smallest absolute Gasteiger partial charge is 0.417 e. The summed E-state index contributed by atoms with van der Waals surface area (Å²) < 4.78 is 69.3. The van der Waals surface area contributed by atoms with Crippen LogP contribution >= 0.6 is 23.2 Å². The van der Waals surface area contributed by atoms with Gasteiger partial charge >= 0.3 is 6.18 Å². The third kappa shape index (κ3) is 6.68. The molecule has 1 N–H and O–H groups in total. The number of hydrogen-bond acceptors (Lipinski definition) is 4. The van der Waals surface area contributed by atoms with Crippen LogP contribution in [0.2, 0.25) is 10.0 Å². The minimum Gasteiger partial charge on any atom is -0.490 e. The molecule has 0 unspecified atom stereocenters. The number of nitrogens with one attached hydrogen (secondary N) is 1. The molecule has 2 aromatic rings. The molecule has 0 radical (unpaired) electrons. The van der Waals surface area contributed by atoms with Crippen molar-refractivity contribution in [2.75, 3.05) is 30.3 Å². The van der Waals surface area contributed by atoms with Gasteiger partial charge in [-0.1, -0.05) is 35.3 Å². The van der Waals surface area contributed by atoms with Gasteiger partial charge in [-0.15, -0.1) is 0 Å². The van der Waals surface area contributed by atoms with Crippen LogP contribution in [0.25, 0.3) is 0 Å². The van der Waals surface area contributed by atoms with E-state index in [2.05, 4.69) is 5.32 Å². The number of halogens is 5. The number of benzene rings is 2. The molecule has 0 saturated carbocycles. The lowest BCUT2D eigenvalue weighted by Gasteiger charge is -2.23. The van der Waals surface area contributed by atoms with Crippen LogP contribution in [-0.4, -0.2) is 40.3 Å². The minimum absolute atomic E-state index is 0.0239. The summed E-state index contributed by atoms with van der Waals surface area (Å²) in [5.41, 5.74) is -1.54. The van der Waals surface area contributed by atoms with Crippen LogP contribution in [0.1, 0.15) is 5.56 Å². The Bertz CT molecular complexity index is 1020. The summed E-state index contributed by atoms with van der Waals surface area (Å²) in [6.45, 7) is -0.645. The molecule has 1 amide bonds. The minimum atomic E-state index is -4.78. The highest BCUT2D eigenvalue weighted by atomic mass is 35.5. The van der Waals surface area contributed by atoms with Gasteiger partial charge in [0.2, 0.25) is 15.9 Å². The molecule has 0 bridgehead atoms. The fourth-order valence-corrected chi connectivity index (χ4v) is 3.65. The second kappa shape index (κ2) is 9.76. The molecule has 164 valence electrons. The molecule has 0 atom stereocenters. The van der Waals surface area contributed by atoms with E-state index >= 15 is 0 Å². The lowest BCUT2D eigenvalue weighted by molar-refractivity contribution is -0.137. The van der Waals surface area contributed by atoms with Crippen LogP contribution in [0.4, 0.5) is 18.9 Å². The van der Waals surface area contributed by atoms with E-state index in [-0.39, 0.29) is 18.8 Å². The number of carbonyl (C=O) groups excluding carboxylic acids is 1. The number of sulfonamides is 1. The fourth-order valence-electron chi connectivity index (χ4n) is 2.39. The monoisotopic (exact) mass is 484 g/mol. The van der Waals surface area contributed by atoms with E-state index < -0.39 is 39.2 Å². The Balaban J connectivity index is 2.05. The molecular formula is C18H17Cl2F3N2O4S. The first-order valence-electron chi connectivity index (χ1n) is 8.38. The Morgan fingerprint density at radius 1 is 1.13 bits per heavy atom. The Labute approximate surface area is 181 Å². The average Bonchev–Trinajstić information content (AvgIpc) is 2.63. The Kier molecular flexibility index (Phi) is 7.84. The van der Waals surface area contributed by atoms with Crippen LogP contribution in [0.15, 0.2) is 42.5 Å². The first-order valence-corrected chi connectivity index (χ1v) is 11.0. The Morgan fingerprint density at radius 2 is 1.80 bits per heavy atom. The fraction of sp³-hybridized carbons (Fsp3) is 0.278. The first-order chi connectivity index (χ1) is 13.9. The molecule has 0 saturated heterocycles. The van der Waals surface area contributed by atoms with Crippen molar-refractivity contribution in [3.63, 3.8) is 0 Å². The Hall–Kier alpha value is -2.17. The summed E-state index contributed by atoms with van der Waals surface area (Å²) in [4.78, 5) is 12.2. The molecule has 0 spiro atoms. The highest BCUT2D eigenvalue weighted by Gasteiger charge is 2.34. The number of hydrogen-bond donors (Lipinski definition) is 1. The highest BCUT2D eigenvalue weighted by Crippen LogP contribution is 2.37. The van der Waals surface area contributed by atoms with Crippen molar-refractivity contribution in [2.24, 2.45) is 0 Å². The number of carbonyl (C=O) groups is 1. The van der Waals surface area contributed by atoms with E-state index in [0.717, 1.165) is 18.4 Å². The average molecular weight is 485 g/mol. The highest BCUT2D eigenvalue weighted by molar-refractivity contribution is 7.92. The molecule has 30 heavy (non-hydrogen) atoms. The van der Waals surface area contributed by atoms with Crippen molar-refractivity contribution in [3.8, 4) is 5.75 Å². The lowest BCUT2D eigenvalue weighted by Crippen LogP contribution is -2.41. The maximum atomic E-state index is 13.1. The van der Waals surface area contributed by atoms with Crippen LogP contribution in [0.5, 0.6) is 5.75 Å². The van der Waals surface area contributed by atoms with E-state index in [1.165, 1.54) is 0 Å². The predicted octanol–water partition coefficient (Wildman–Crippen LogP) is 3.97. The quantitative estimate of drug-likeness (QED) is 0.575. The summed E-state index contributed by atoms with van der Waals surface area (Å²) >= 11 is 11.5. The summed E-state index contributed by atoms with van der Waals surface area (Å²) in [6.07, 6.45) is -4.00. The maximum absolute atomic E-state index is 13.1. The SMILES string of the molecule is CS(=O)(=O)N(CC(=O)NCCOc1ccccc1Cl)c1ccc(Cl)c(C(F)(F)F)c1. The number of amides is 1. The van der Waals surface area contributed by atoms with Crippen LogP contribution in [0.3, 0.4) is 0 Å². The largest absolute Gasteiger partial charge is 0.490 e. The van der Waals surface area contributed by atoms with Crippen LogP contribution < -0.4 is 14.4 Å². The molecule has 12 heteroatoms. The molecule has 0 aliphatic carbocycles. The van der Waals surface area contributed by atoms with Crippen molar-refractivity contribution >= 4 is 44.8 Å². The molecule has 2 aromatic carbocycles. The lowest BCUT2D eigenvalue weighted by atomic mass is 10.2. The van der Waals surface area contributed by atoms with Crippen LogP contribution in [0, 0.1) is 0 Å². The topological polar surface area (TPSA) is 75.7 Å². The molecule has 6 nitrogen and oxygen atoms in total. The van der Waals surface area contributed by atoms with Gasteiger partial charge in [-0.3, -0.25) is 9.10 Å². The molecular weight excluding hydrogens is 468 g/mol. The number of anilines is 1. The van der Waals surface area contributed by atoms with E-state index in [4.69, 9.17) is 27.9 Å². The van der Waals surface area contributed by atoms with Gasteiger partial charge in [-0.25, -0.2) is 8.42 Å². The Morgan fingerprint density at radius 3 is 2.40 bits per heavy atom. The molecule has 0 heterocycles. The van der Waals surface area contributed by atoms with E-state index in [9.17, 15) is 26.4 Å². The van der Waals surface area contributed by atoms with Crippen LogP contribution in [-0.2, 0) is 21.0 Å². The third-order valence-electron chi connectivity index (χ3n) is 3.75. The van der Waals surface area contributed by atoms with E-state index in [0.29, 0.717) is 21.1 Å². The number of nitrogens with zero attached hydrogens (tertiary/aromatic N) is 1. The second-order valence-corrected chi connectivity index (χ2v) is 8.78. The second-order valence-electron chi connectivity index (χ2n) is 6.06. The van der Waals surface area contributed by atoms with E-state index in [1.54, 1.807) is 24.3 Å². The van der Waals surface area contributed by atoms with Crippen molar-refractivity contribution in [1.29, 1.82) is 0 Å². The molecule has 0 aromatic heterocycles. The molecule has 0 aliphatic rings. The summed E-state index contributed by atoms with van der Waals surface area (Å²) in [5, 5.41) is 2.24.